The summed E-state index contributed by atoms with van der Waals surface area (Å²) < 4.78 is 0. The van der Waals surface area contributed by atoms with Crippen LogP contribution in [0.15, 0.2) is 36.7 Å². The number of rotatable bonds is 4. The molecule has 3 aromatic rings. The van der Waals surface area contributed by atoms with Crippen molar-refractivity contribution < 1.29 is 0 Å². The van der Waals surface area contributed by atoms with E-state index in [-0.39, 0.29) is 0 Å². The molecule has 0 saturated carbocycles. The molecule has 0 radical (unpaired) electrons. The predicted molar refractivity (Wildman–Crippen MR) is 103 cm³/mol. The first kappa shape index (κ1) is 15.3. The minimum atomic E-state index is 0.471. The van der Waals surface area contributed by atoms with Crippen molar-refractivity contribution in [2.75, 3.05) is 18.4 Å². The number of fused-ring (bicyclic) bond motifs is 3. The summed E-state index contributed by atoms with van der Waals surface area (Å²) in [6.45, 7) is 3.25. The highest BCUT2D eigenvalue weighted by atomic mass is 32.1. The maximum atomic E-state index is 4.60. The SMILES string of the molecule is c1ccc(CN2CC[C@@H](Nc3ncnc4sc5c(c34)CCC5)C2)cc1. The summed E-state index contributed by atoms with van der Waals surface area (Å²) in [5, 5.41) is 5.02. The summed E-state index contributed by atoms with van der Waals surface area (Å²) >= 11 is 1.86. The second-order valence-corrected chi connectivity index (χ2v) is 8.19. The Morgan fingerprint density at radius 3 is 3.00 bits per heavy atom. The number of benzene rings is 1. The summed E-state index contributed by atoms with van der Waals surface area (Å²) in [7, 11) is 0. The lowest BCUT2D eigenvalue weighted by atomic mass is 10.1. The number of hydrogen-bond donors (Lipinski definition) is 1. The Balaban J connectivity index is 1.32. The quantitative estimate of drug-likeness (QED) is 0.776. The van der Waals surface area contributed by atoms with Gasteiger partial charge in [-0.15, -0.1) is 11.3 Å². The van der Waals surface area contributed by atoms with Crippen LogP contribution in [0.4, 0.5) is 5.82 Å². The van der Waals surface area contributed by atoms with Gasteiger partial charge < -0.3 is 5.32 Å². The fourth-order valence-electron chi connectivity index (χ4n) is 4.17. The number of likely N-dealkylation sites (tertiary alicyclic amines) is 1. The molecule has 3 heterocycles. The van der Waals surface area contributed by atoms with Crippen molar-refractivity contribution in [2.45, 2.75) is 38.3 Å². The highest BCUT2D eigenvalue weighted by molar-refractivity contribution is 7.19. The van der Waals surface area contributed by atoms with Crippen LogP contribution in [-0.4, -0.2) is 34.0 Å². The zero-order valence-electron chi connectivity index (χ0n) is 14.2. The number of aryl methyl sites for hydroxylation is 2. The topological polar surface area (TPSA) is 41.0 Å². The van der Waals surface area contributed by atoms with E-state index < -0.39 is 0 Å². The van der Waals surface area contributed by atoms with Crippen LogP contribution in [0.1, 0.15) is 28.8 Å². The van der Waals surface area contributed by atoms with Crippen molar-refractivity contribution >= 4 is 27.4 Å². The van der Waals surface area contributed by atoms with Crippen LogP contribution in [0.2, 0.25) is 0 Å². The summed E-state index contributed by atoms with van der Waals surface area (Å²) in [6, 6.07) is 11.2. The summed E-state index contributed by atoms with van der Waals surface area (Å²) in [5.74, 6) is 1.05. The maximum Gasteiger partial charge on any atom is 0.138 e. The normalized spacial score (nSPS) is 20.2. The van der Waals surface area contributed by atoms with Crippen LogP contribution in [0.5, 0.6) is 0 Å². The molecule has 1 aromatic carbocycles. The van der Waals surface area contributed by atoms with Gasteiger partial charge in [0, 0.05) is 30.6 Å². The van der Waals surface area contributed by atoms with Gasteiger partial charge in [0.25, 0.3) is 0 Å². The molecule has 1 aliphatic heterocycles. The molecule has 2 aromatic heterocycles. The van der Waals surface area contributed by atoms with Crippen molar-refractivity contribution in [3.8, 4) is 0 Å². The van der Waals surface area contributed by atoms with Gasteiger partial charge in [-0.3, -0.25) is 4.90 Å². The van der Waals surface area contributed by atoms with E-state index >= 15 is 0 Å². The number of hydrogen-bond acceptors (Lipinski definition) is 5. The zero-order chi connectivity index (χ0) is 16.6. The standard InChI is InChI=1S/C20H22N4S/c1-2-5-14(6-3-1)11-24-10-9-15(12-24)23-19-18-16-7-4-8-17(16)25-20(18)22-13-21-19/h1-3,5-6,13,15H,4,7-12H2,(H,21,22,23)/t15-/m1/s1. The summed E-state index contributed by atoms with van der Waals surface area (Å²) in [4.78, 5) is 14.3. The van der Waals surface area contributed by atoms with E-state index in [0.29, 0.717) is 6.04 Å². The van der Waals surface area contributed by atoms with Crippen molar-refractivity contribution in [3.63, 3.8) is 0 Å². The van der Waals surface area contributed by atoms with Gasteiger partial charge in [0.15, 0.2) is 0 Å². The van der Waals surface area contributed by atoms with Gasteiger partial charge in [-0.05, 0) is 36.8 Å². The molecular formula is C20H22N4S. The molecule has 1 fully saturated rings. The lowest BCUT2D eigenvalue weighted by Gasteiger charge is -2.17. The average molecular weight is 350 g/mol. The van der Waals surface area contributed by atoms with Gasteiger partial charge in [0.05, 0.1) is 5.39 Å². The number of aromatic nitrogens is 2. The van der Waals surface area contributed by atoms with E-state index in [9.17, 15) is 0 Å². The molecular weight excluding hydrogens is 328 g/mol. The van der Waals surface area contributed by atoms with Gasteiger partial charge in [-0.1, -0.05) is 30.3 Å². The minimum absolute atomic E-state index is 0.471. The molecule has 5 heteroatoms. The van der Waals surface area contributed by atoms with E-state index in [1.807, 2.05) is 11.3 Å². The summed E-state index contributed by atoms with van der Waals surface area (Å²) in [6.07, 6.45) is 6.56. The first-order chi connectivity index (χ1) is 12.4. The molecule has 5 rings (SSSR count). The second-order valence-electron chi connectivity index (χ2n) is 7.11. The molecule has 1 N–H and O–H groups in total. The smallest absolute Gasteiger partial charge is 0.138 e. The first-order valence-electron chi connectivity index (χ1n) is 9.15. The number of nitrogens with zero attached hydrogens (tertiary/aromatic N) is 3. The number of thiophene rings is 1. The Morgan fingerprint density at radius 1 is 1.16 bits per heavy atom. The molecule has 4 nitrogen and oxygen atoms in total. The minimum Gasteiger partial charge on any atom is -0.365 e. The molecule has 0 spiro atoms. The van der Waals surface area contributed by atoms with E-state index in [0.717, 1.165) is 30.3 Å². The predicted octanol–water partition coefficient (Wildman–Crippen LogP) is 3.87. The third-order valence-corrected chi connectivity index (χ3v) is 6.56. The van der Waals surface area contributed by atoms with Crippen LogP contribution in [0.3, 0.4) is 0 Å². The van der Waals surface area contributed by atoms with Crippen LogP contribution >= 0.6 is 11.3 Å². The molecule has 0 bridgehead atoms. The molecule has 0 unspecified atom stereocenters. The van der Waals surface area contributed by atoms with Crippen LogP contribution in [-0.2, 0) is 19.4 Å². The molecule has 1 atom stereocenters. The Hall–Kier alpha value is -1.98. The third-order valence-electron chi connectivity index (χ3n) is 5.36. The fourth-order valence-corrected chi connectivity index (χ4v) is 5.40. The van der Waals surface area contributed by atoms with Gasteiger partial charge in [0.1, 0.15) is 17.0 Å². The zero-order valence-corrected chi connectivity index (χ0v) is 15.1. The largest absolute Gasteiger partial charge is 0.365 e. The number of nitrogens with one attached hydrogen (secondary N) is 1. The van der Waals surface area contributed by atoms with E-state index in [1.54, 1.807) is 6.33 Å². The van der Waals surface area contributed by atoms with Gasteiger partial charge in [0.2, 0.25) is 0 Å². The Labute approximate surface area is 151 Å². The van der Waals surface area contributed by atoms with E-state index in [1.165, 1.54) is 47.1 Å². The molecule has 1 aliphatic carbocycles. The van der Waals surface area contributed by atoms with Gasteiger partial charge in [-0.2, -0.15) is 0 Å². The van der Waals surface area contributed by atoms with Gasteiger partial charge in [-0.25, -0.2) is 9.97 Å². The Kier molecular flexibility index (Phi) is 3.91. The van der Waals surface area contributed by atoms with Crippen molar-refractivity contribution in [1.29, 1.82) is 0 Å². The second kappa shape index (κ2) is 6.39. The monoisotopic (exact) mass is 350 g/mol. The molecule has 1 saturated heterocycles. The van der Waals surface area contributed by atoms with Crippen molar-refractivity contribution in [3.05, 3.63) is 52.7 Å². The molecule has 25 heavy (non-hydrogen) atoms. The third kappa shape index (κ3) is 2.92. The summed E-state index contributed by atoms with van der Waals surface area (Å²) in [5.41, 5.74) is 2.89. The fraction of sp³-hybridized carbons (Fsp3) is 0.400. The molecule has 0 amide bonds. The number of anilines is 1. The highest BCUT2D eigenvalue weighted by Crippen LogP contribution is 2.39. The maximum absolute atomic E-state index is 4.60. The van der Waals surface area contributed by atoms with Crippen LogP contribution in [0.25, 0.3) is 10.2 Å². The highest BCUT2D eigenvalue weighted by Gasteiger charge is 2.25. The van der Waals surface area contributed by atoms with Crippen molar-refractivity contribution in [1.82, 2.24) is 14.9 Å². The lowest BCUT2D eigenvalue weighted by Crippen LogP contribution is -2.26. The lowest BCUT2D eigenvalue weighted by molar-refractivity contribution is 0.328. The average Bonchev–Trinajstić information content (AvgIpc) is 3.32. The first-order valence-corrected chi connectivity index (χ1v) is 9.96. The van der Waals surface area contributed by atoms with Gasteiger partial charge >= 0.3 is 0 Å². The molecule has 2 aliphatic rings. The van der Waals surface area contributed by atoms with Crippen LogP contribution in [0, 0.1) is 0 Å². The Bertz CT molecular complexity index is 889. The van der Waals surface area contributed by atoms with Crippen molar-refractivity contribution in [2.24, 2.45) is 0 Å². The molecule has 128 valence electrons. The van der Waals surface area contributed by atoms with Crippen LogP contribution < -0.4 is 5.32 Å². The van der Waals surface area contributed by atoms with E-state index in [2.05, 4.69) is 50.5 Å². The van der Waals surface area contributed by atoms with E-state index in [4.69, 9.17) is 0 Å². The Morgan fingerprint density at radius 2 is 2.08 bits per heavy atom.